The van der Waals surface area contributed by atoms with Crippen molar-refractivity contribution in [2.24, 2.45) is 5.16 Å². The molecule has 3 rings (SSSR count). The number of carbonyl (C=O) groups excluding carboxylic acids is 2. The molecule has 0 bridgehead atoms. The number of hydrogen-bond donors (Lipinski definition) is 0. The Morgan fingerprint density at radius 1 is 1.07 bits per heavy atom. The SMILES string of the molecule is COC(=O)C(=O)c1cccc2ccc(CON=C(C)c3ccccn3)cc12. The minimum atomic E-state index is -0.889. The molecule has 0 spiro atoms. The maximum atomic E-state index is 12.2. The van der Waals surface area contributed by atoms with Crippen molar-refractivity contribution in [1.82, 2.24) is 4.98 Å². The molecule has 0 radical (unpaired) electrons. The summed E-state index contributed by atoms with van der Waals surface area (Å²) in [4.78, 5) is 33.5. The van der Waals surface area contributed by atoms with Gasteiger partial charge in [-0.3, -0.25) is 9.78 Å². The van der Waals surface area contributed by atoms with Gasteiger partial charge in [-0.25, -0.2) is 4.79 Å². The van der Waals surface area contributed by atoms with E-state index in [4.69, 9.17) is 4.84 Å². The number of carbonyl (C=O) groups is 2. The fraction of sp³-hybridized carbons (Fsp3) is 0.143. The molecular weight excluding hydrogens is 344 g/mol. The van der Waals surface area contributed by atoms with Crippen LogP contribution in [0, 0.1) is 0 Å². The molecule has 27 heavy (non-hydrogen) atoms. The first-order valence-corrected chi connectivity index (χ1v) is 8.32. The number of esters is 1. The van der Waals surface area contributed by atoms with Gasteiger partial charge >= 0.3 is 5.97 Å². The molecular formula is C21H18N2O4. The molecule has 0 saturated carbocycles. The topological polar surface area (TPSA) is 77.9 Å². The first kappa shape index (κ1) is 18.3. The van der Waals surface area contributed by atoms with E-state index in [1.165, 1.54) is 7.11 Å². The van der Waals surface area contributed by atoms with E-state index in [0.29, 0.717) is 16.7 Å². The van der Waals surface area contributed by atoms with Gasteiger partial charge in [0.05, 0.1) is 12.8 Å². The lowest BCUT2D eigenvalue weighted by molar-refractivity contribution is -0.135. The van der Waals surface area contributed by atoms with Gasteiger partial charge in [-0.2, -0.15) is 0 Å². The number of benzene rings is 2. The Balaban J connectivity index is 1.82. The number of oxime groups is 1. The lowest BCUT2D eigenvalue weighted by Crippen LogP contribution is -2.16. The molecule has 6 nitrogen and oxygen atoms in total. The summed E-state index contributed by atoms with van der Waals surface area (Å²) in [6, 6.07) is 16.4. The van der Waals surface area contributed by atoms with Crippen molar-refractivity contribution >= 4 is 28.2 Å². The van der Waals surface area contributed by atoms with Crippen LogP contribution < -0.4 is 0 Å². The van der Waals surface area contributed by atoms with E-state index in [1.807, 2.05) is 49.4 Å². The van der Waals surface area contributed by atoms with Crippen LogP contribution >= 0.6 is 0 Å². The molecule has 0 unspecified atom stereocenters. The lowest BCUT2D eigenvalue weighted by atomic mass is 9.99. The highest BCUT2D eigenvalue weighted by Crippen LogP contribution is 2.22. The van der Waals surface area contributed by atoms with E-state index in [2.05, 4.69) is 14.9 Å². The zero-order valence-electron chi connectivity index (χ0n) is 15.0. The first-order valence-electron chi connectivity index (χ1n) is 8.32. The van der Waals surface area contributed by atoms with Crippen LogP contribution in [0.3, 0.4) is 0 Å². The van der Waals surface area contributed by atoms with Gasteiger partial charge in [0.15, 0.2) is 0 Å². The third-order valence-electron chi connectivity index (χ3n) is 4.03. The Morgan fingerprint density at radius 2 is 1.93 bits per heavy atom. The summed E-state index contributed by atoms with van der Waals surface area (Å²) >= 11 is 0. The van der Waals surface area contributed by atoms with Crippen molar-refractivity contribution in [2.45, 2.75) is 13.5 Å². The molecule has 6 heteroatoms. The van der Waals surface area contributed by atoms with Crippen LogP contribution in [-0.2, 0) is 21.0 Å². The molecule has 1 heterocycles. The van der Waals surface area contributed by atoms with Crippen molar-refractivity contribution in [3.8, 4) is 0 Å². The molecule has 0 aliphatic rings. The molecule has 1 aromatic heterocycles. The average molecular weight is 362 g/mol. The van der Waals surface area contributed by atoms with Gasteiger partial charge in [-0.1, -0.05) is 41.6 Å². The Kier molecular flexibility index (Phi) is 5.56. The Morgan fingerprint density at radius 3 is 2.67 bits per heavy atom. The van der Waals surface area contributed by atoms with Crippen LogP contribution in [-0.4, -0.2) is 29.6 Å². The summed E-state index contributed by atoms with van der Waals surface area (Å²) in [5.74, 6) is -1.56. The number of pyridine rings is 1. The summed E-state index contributed by atoms with van der Waals surface area (Å²) in [6.07, 6.45) is 1.69. The van der Waals surface area contributed by atoms with Gasteiger partial charge < -0.3 is 9.57 Å². The van der Waals surface area contributed by atoms with Gasteiger partial charge in [0.1, 0.15) is 12.3 Å². The van der Waals surface area contributed by atoms with E-state index in [0.717, 1.165) is 16.6 Å². The molecule has 0 N–H and O–H groups in total. The van der Waals surface area contributed by atoms with E-state index in [-0.39, 0.29) is 6.61 Å². The van der Waals surface area contributed by atoms with Crippen LogP contribution in [0.5, 0.6) is 0 Å². The largest absolute Gasteiger partial charge is 0.463 e. The second-order valence-corrected chi connectivity index (χ2v) is 5.85. The Labute approximate surface area is 156 Å². The number of hydrogen-bond acceptors (Lipinski definition) is 6. The normalized spacial score (nSPS) is 11.3. The van der Waals surface area contributed by atoms with Gasteiger partial charge in [0.25, 0.3) is 5.78 Å². The minimum absolute atomic E-state index is 0.223. The average Bonchev–Trinajstić information content (AvgIpc) is 2.72. The van der Waals surface area contributed by atoms with Crippen molar-refractivity contribution in [3.05, 3.63) is 77.6 Å². The fourth-order valence-electron chi connectivity index (χ4n) is 2.64. The van der Waals surface area contributed by atoms with E-state index in [1.54, 1.807) is 18.3 Å². The van der Waals surface area contributed by atoms with Gasteiger partial charge in [0.2, 0.25) is 0 Å². The third kappa shape index (κ3) is 4.17. The molecule has 0 atom stereocenters. The highest BCUT2D eigenvalue weighted by molar-refractivity contribution is 6.42. The van der Waals surface area contributed by atoms with Crippen molar-refractivity contribution in [3.63, 3.8) is 0 Å². The van der Waals surface area contributed by atoms with E-state index in [9.17, 15) is 9.59 Å². The molecule has 136 valence electrons. The quantitative estimate of drug-likeness (QED) is 0.220. The van der Waals surface area contributed by atoms with Gasteiger partial charge in [-0.05, 0) is 41.5 Å². The summed E-state index contributed by atoms with van der Waals surface area (Å²) in [6.45, 7) is 2.04. The van der Waals surface area contributed by atoms with Crippen LogP contribution in [0.4, 0.5) is 0 Å². The highest BCUT2D eigenvalue weighted by atomic mass is 16.6. The molecule has 0 aliphatic heterocycles. The zero-order chi connectivity index (χ0) is 19.2. The van der Waals surface area contributed by atoms with E-state index < -0.39 is 11.8 Å². The maximum absolute atomic E-state index is 12.2. The number of ether oxygens (including phenoxy) is 1. The Hall–Kier alpha value is -3.54. The summed E-state index contributed by atoms with van der Waals surface area (Å²) in [7, 11) is 1.19. The predicted octanol–water partition coefficient (Wildman–Crippen LogP) is 3.53. The molecule has 0 fully saturated rings. The number of fused-ring (bicyclic) bond motifs is 1. The van der Waals surface area contributed by atoms with Crippen molar-refractivity contribution in [1.29, 1.82) is 0 Å². The van der Waals surface area contributed by atoms with Crippen LogP contribution in [0.1, 0.15) is 28.5 Å². The van der Waals surface area contributed by atoms with Crippen LogP contribution in [0.25, 0.3) is 10.8 Å². The number of methoxy groups -OCH3 is 1. The minimum Gasteiger partial charge on any atom is -0.463 e. The smallest absolute Gasteiger partial charge is 0.379 e. The summed E-state index contributed by atoms with van der Waals surface area (Å²) in [5, 5.41) is 5.60. The molecule has 2 aromatic carbocycles. The lowest BCUT2D eigenvalue weighted by Gasteiger charge is -2.07. The first-order chi connectivity index (χ1) is 13.1. The summed E-state index contributed by atoms with van der Waals surface area (Å²) in [5.41, 5.74) is 2.53. The number of nitrogens with zero attached hydrogens (tertiary/aromatic N) is 2. The van der Waals surface area contributed by atoms with Gasteiger partial charge in [0, 0.05) is 11.8 Å². The van der Waals surface area contributed by atoms with Crippen LogP contribution in [0.2, 0.25) is 0 Å². The summed E-state index contributed by atoms with van der Waals surface area (Å²) < 4.78 is 4.54. The number of Topliss-reactive ketones (excluding diaryl/α,β-unsaturated/α-hetero) is 1. The fourth-order valence-corrected chi connectivity index (χ4v) is 2.64. The molecule has 0 saturated heterocycles. The second-order valence-electron chi connectivity index (χ2n) is 5.85. The van der Waals surface area contributed by atoms with Crippen LogP contribution in [0.15, 0.2) is 65.9 Å². The molecule has 3 aromatic rings. The highest BCUT2D eigenvalue weighted by Gasteiger charge is 2.19. The van der Waals surface area contributed by atoms with Crippen molar-refractivity contribution in [2.75, 3.05) is 7.11 Å². The van der Waals surface area contributed by atoms with Crippen molar-refractivity contribution < 1.29 is 19.2 Å². The zero-order valence-corrected chi connectivity index (χ0v) is 15.0. The van der Waals surface area contributed by atoms with E-state index >= 15 is 0 Å². The molecule has 0 amide bonds. The number of rotatable bonds is 6. The standard InChI is InChI=1S/C21H18N2O4/c1-14(19-8-3-4-11-22-19)23-27-13-15-9-10-16-6-5-7-17(18(16)12-15)20(24)21(25)26-2/h3-12H,13H2,1-2H3. The molecule has 0 aliphatic carbocycles. The maximum Gasteiger partial charge on any atom is 0.379 e. The third-order valence-corrected chi connectivity index (χ3v) is 4.03. The predicted molar refractivity (Wildman–Crippen MR) is 102 cm³/mol. The number of aromatic nitrogens is 1. The Bertz CT molecular complexity index is 1010. The van der Waals surface area contributed by atoms with Gasteiger partial charge in [-0.15, -0.1) is 0 Å². The number of ketones is 1. The monoisotopic (exact) mass is 362 g/mol. The second kappa shape index (κ2) is 8.23.